The van der Waals surface area contributed by atoms with Crippen molar-refractivity contribution >= 4 is 23.2 Å². The molecule has 0 aliphatic carbocycles. The number of nitrogens with zero attached hydrogens (tertiary/aromatic N) is 2. The standard InChI is InChI=1S/C19H19N3O5/c1-27-16-7-5-13(6-8-16)9-10-21-18(23)12-17(19(21)24)20-14-3-2-4-15(11-14)22(25)26/h2-8,11,17,20H,9-10,12H2,1H3/t17-/m0/s1. The first-order valence-corrected chi connectivity index (χ1v) is 8.46. The van der Waals surface area contributed by atoms with E-state index in [-0.39, 0.29) is 30.5 Å². The van der Waals surface area contributed by atoms with Gasteiger partial charge in [0.05, 0.1) is 18.5 Å². The minimum atomic E-state index is -0.713. The Bertz CT molecular complexity index is 866. The van der Waals surface area contributed by atoms with Gasteiger partial charge in [0.1, 0.15) is 11.8 Å². The van der Waals surface area contributed by atoms with Gasteiger partial charge in [-0.3, -0.25) is 24.6 Å². The predicted octanol–water partition coefficient (Wildman–Crippen LogP) is 2.39. The SMILES string of the molecule is COc1ccc(CCN2C(=O)C[C@H](Nc3cccc([N+](=O)[O-])c3)C2=O)cc1. The smallest absolute Gasteiger partial charge is 0.271 e. The highest BCUT2D eigenvalue weighted by atomic mass is 16.6. The molecule has 1 fully saturated rings. The van der Waals surface area contributed by atoms with Gasteiger partial charge in [0.2, 0.25) is 5.91 Å². The molecule has 3 rings (SSSR count). The molecule has 2 aromatic rings. The van der Waals surface area contributed by atoms with Crippen LogP contribution >= 0.6 is 0 Å². The van der Waals surface area contributed by atoms with Crippen LogP contribution in [0.3, 0.4) is 0 Å². The van der Waals surface area contributed by atoms with Crippen molar-refractivity contribution in [2.75, 3.05) is 19.0 Å². The van der Waals surface area contributed by atoms with E-state index in [0.717, 1.165) is 11.3 Å². The van der Waals surface area contributed by atoms with Crippen molar-refractivity contribution in [3.63, 3.8) is 0 Å². The zero-order valence-corrected chi connectivity index (χ0v) is 14.8. The number of carbonyl (C=O) groups is 2. The van der Waals surface area contributed by atoms with Crippen molar-refractivity contribution in [3.05, 3.63) is 64.2 Å². The van der Waals surface area contributed by atoms with Gasteiger partial charge in [0.25, 0.3) is 11.6 Å². The van der Waals surface area contributed by atoms with Crippen molar-refractivity contribution in [1.82, 2.24) is 4.90 Å². The van der Waals surface area contributed by atoms with Gasteiger partial charge < -0.3 is 10.1 Å². The van der Waals surface area contributed by atoms with Crippen LogP contribution in [0.5, 0.6) is 5.75 Å². The number of imide groups is 1. The zero-order chi connectivity index (χ0) is 19.4. The number of benzene rings is 2. The first kappa shape index (κ1) is 18.4. The molecule has 0 aromatic heterocycles. The second-order valence-electron chi connectivity index (χ2n) is 6.19. The van der Waals surface area contributed by atoms with E-state index in [1.54, 1.807) is 13.2 Å². The predicted molar refractivity (Wildman–Crippen MR) is 98.5 cm³/mol. The lowest BCUT2D eigenvalue weighted by Crippen LogP contribution is -2.36. The molecule has 2 aromatic carbocycles. The molecule has 1 saturated heterocycles. The van der Waals surface area contributed by atoms with E-state index >= 15 is 0 Å². The molecule has 1 N–H and O–H groups in total. The van der Waals surface area contributed by atoms with E-state index < -0.39 is 11.0 Å². The van der Waals surface area contributed by atoms with Crippen LogP contribution in [0, 0.1) is 10.1 Å². The van der Waals surface area contributed by atoms with Crippen LogP contribution in [0.2, 0.25) is 0 Å². The fourth-order valence-electron chi connectivity index (χ4n) is 2.97. The summed E-state index contributed by atoms with van der Waals surface area (Å²) in [5, 5.41) is 13.8. The van der Waals surface area contributed by atoms with Crippen LogP contribution in [0.4, 0.5) is 11.4 Å². The number of nitro benzene ring substituents is 1. The Morgan fingerprint density at radius 3 is 2.63 bits per heavy atom. The minimum Gasteiger partial charge on any atom is -0.497 e. The maximum Gasteiger partial charge on any atom is 0.271 e. The summed E-state index contributed by atoms with van der Waals surface area (Å²) in [6.45, 7) is 0.289. The number of anilines is 1. The summed E-state index contributed by atoms with van der Waals surface area (Å²) in [6, 6.07) is 12.6. The molecule has 0 bridgehead atoms. The van der Waals surface area contributed by atoms with E-state index in [1.807, 2.05) is 24.3 Å². The summed E-state index contributed by atoms with van der Waals surface area (Å²) in [7, 11) is 1.59. The molecule has 1 aliphatic rings. The van der Waals surface area contributed by atoms with Crippen LogP contribution in [0.1, 0.15) is 12.0 Å². The van der Waals surface area contributed by atoms with E-state index in [4.69, 9.17) is 4.74 Å². The van der Waals surface area contributed by atoms with Crippen LogP contribution < -0.4 is 10.1 Å². The fourth-order valence-corrected chi connectivity index (χ4v) is 2.97. The van der Waals surface area contributed by atoms with Gasteiger partial charge in [-0.2, -0.15) is 0 Å². The van der Waals surface area contributed by atoms with Gasteiger partial charge in [-0.15, -0.1) is 0 Å². The summed E-state index contributed by atoms with van der Waals surface area (Å²) in [5.41, 5.74) is 1.35. The molecular formula is C19H19N3O5. The lowest BCUT2D eigenvalue weighted by molar-refractivity contribution is -0.384. The molecule has 8 nitrogen and oxygen atoms in total. The average molecular weight is 369 g/mol. The number of hydrogen-bond acceptors (Lipinski definition) is 6. The van der Waals surface area contributed by atoms with Crippen molar-refractivity contribution in [3.8, 4) is 5.75 Å². The number of hydrogen-bond donors (Lipinski definition) is 1. The Kier molecular flexibility index (Phi) is 5.35. The van der Waals surface area contributed by atoms with Gasteiger partial charge >= 0.3 is 0 Å². The topological polar surface area (TPSA) is 102 Å². The van der Waals surface area contributed by atoms with E-state index in [2.05, 4.69) is 5.32 Å². The van der Waals surface area contributed by atoms with Gasteiger partial charge in [-0.05, 0) is 30.2 Å². The third kappa shape index (κ3) is 4.22. The Hall–Kier alpha value is -3.42. The second kappa shape index (κ2) is 7.86. The summed E-state index contributed by atoms with van der Waals surface area (Å²) < 4.78 is 5.11. The molecule has 0 saturated carbocycles. The van der Waals surface area contributed by atoms with Gasteiger partial charge in [0.15, 0.2) is 0 Å². The third-order valence-electron chi connectivity index (χ3n) is 4.42. The molecule has 2 amide bonds. The molecule has 1 atom stereocenters. The average Bonchev–Trinajstić information content (AvgIpc) is 2.93. The number of carbonyl (C=O) groups excluding carboxylic acids is 2. The van der Waals surface area contributed by atoms with Crippen LogP contribution in [0.15, 0.2) is 48.5 Å². The number of amides is 2. The number of rotatable bonds is 7. The highest BCUT2D eigenvalue weighted by molar-refractivity contribution is 6.06. The molecule has 0 spiro atoms. The van der Waals surface area contributed by atoms with Gasteiger partial charge in [-0.25, -0.2) is 0 Å². The number of ether oxygens (including phenoxy) is 1. The number of nitro groups is 1. The van der Waals surface area contributed by atoms with Crippen molar-refractivity contribution in [1.29, 1.82) is 0 Å². The zero-order valence-electron chi connectivity index (χ0n) is 14.8. The Balaban J connectivity index is 1.62. The number of methoxy groups -OCH3 is 1. The molecule has 27 heavy (non-hydrogen) atoms. The lowest BCUT2D eigenvalue weighted by Gasteiger charge is -2.16. The summed E-state index contributed by atoms with van der Waals surface area (Å²) in [5.74, 6) is 0.171. The number of nitrogens with one attached hydrogen (secondary N) is 1. The van der Waals surface area contributed by atoms with Crippen LogP contribution in [-0.2, 0) is 16.0 Å². The number of non-ortho nitro benzene ring substituents is 1. The highest BCUT2D eigenvalue weighted by Gasteiger charge is 2.38. The molecule has 1 heterocycles. The van der Waals surface area contributed by atoms with Crippen LogP contribution in [0.25, 0.3) is 0 Å². The summed E-state index contributed by atoms with van der Waals surface area (Å²) >= 11 is 0. The maximum atomic E-state index is 12.5. The van der Waals surface area contributed by atoms with Crippen molar-refractivity contribution < 1.29 is 19.2 Å². The van der Waals surface area contributed by atoms with E-state index in [1.165, 1.54) is 23.1 Å². The fraction of sp³-hybridized carbons (Fsp3) is 0.263. The second-order valence-corrected chi connectivity index (χ2v) is 6.19. The third-order valence-corrected chi connectivity index (χ3v) is 4.42. The summed E-state index contributed by atoms with van der Waals surface area (Å²) in [4.78, 5) is 36.4. The maximum absolute atomic E-state index is 12.5. The monoisotopic (exact) mass is 369 g/mol. The molecule has 140 valence electrons. The number of likely N-dealkylation sites (tertiary alicyclic amines) is 1. The molecular weight excluding hydrogens is 350 g/mol. The normalized spacial score (nSPS) is 16.5. The molecule has 0 unspecified atom stereocenters. The van der Waals surface area contributed by atoms with Crippen molar-refractivity contribution in [2.45, 2.75) is 18.9 Å². The highest BCUT2D eigenvalue weighted by Crippen LogP contribution is 2.22. The largest absolute Gasteiger partial charge is 0.497 e. The Morgan fingerprint density at radius 1 is 1.22 bits per heavy atom. The molecule has 1 aliphatic heterocycles. The molecule has 0 radical (unpaired) electrons. The minimum absolute atomic E-state index is 0.0319. The first-order chi connectivity index (χ1) is 13.0. The quantitative estimate of drug-likeness (QED) is 0.457. The van der Waals surface area contributed by atoms with Gasteiger partial charge in [-0.1, -0.05) is 18.2 Å². The van der Waals surface area contributed by atoms with E-state index in [9.17, 15) is 19.7 Å². The summed E-state index contributed by atoms with van der Waals surface area (Å²) in [6.07, 6.45) is 0.579. The first-order valence-electron chi connectivity index (χ1n) is 8.46. The Labute approximate surface area is 155 Å². The molecule has 8 heteroatoms. The van der Waals surface area contributed by atoms with Crippen LogP contribution in [-0.4, -0.2) is 41.3 Å². The van der Waals surface area contributed by atoms with Gasteiger partial charge in [0, 0.05) is 24.4 Å². The van der Waals surface area contributed by atoms with E-state index in [0.29, 0.717) is 12.1 Å². The Morgan fingerprint density at radius 2 is 1.96 bits per heavy atom. The van der Waals surface area contributed by atoms with Crippen molar-refractivity contribution in [2.24, 2.45) is 0 Å². The lowest BCUT2D eigenvalue weighted by atomic mass is 10.1.